The Hall–Kier alpha value is -2.70. The standard InChI is InChI=1S/C17H24N4O3/c1-12(10-21-8-7-18-11-21)19-17(22)20-13(2)15-6-5-14(23-3)9-16(15)24-4/h5-9,11-13H,10H2,1-4H3,(H2,19,20,22)/t12-,13-/m0/s1. The fourth-order valence-corrected chi connectivity index (χ4v) is 2.47. The van der Waals surface area contributed by atoms with E-state index in [0.29, 0.717) is 18.0 Å². The van der Waals surface area contributed by atoms with Crippen LogP contribution < -0.4 is 20.1 Å². The van der Waals surface area contributed by atoms with Crippen molar-refractivity contribution in [3.05, 3.63) is 42.5 Å². The van der Waals surface area contributed by atoms with Gasteiger partial charge in [0.1, 0.15) is 11.5 Å². The van der Waals surface area contributed by atoms with E-state index in [2.05, 4.69) is 15.6 Å². The summed E-state index contributed by atoms with van der Waals surface area (Å²) in [6, 6.07) is 5.07. The van der Waals surface area contributed by atoms with Gasteiger partial charge in [-0.3, -0.25) is 0 Å². The third kappa shape index (κ3) is 4.65. The Kier molecular flexibility index (Phi) is 6.06. The third-order valence-electron chi connectivity index (χ3n) is 3.68. The number of amides is 2. The second kappa shape index (κ2) is 8.24. The number of rotatable bonds is 7. The SMILES string of the molecule is COc1ccc([C@H](C)NC(=O)N[C@@H](C)Cn2ccnc2)c(OC)c1. The van der Waals surface area contributed by atoms with Crippen LogP contribution in [0.25, 0.3) is 0 Å². The van der Waals surface area contributed by atoms with Crippen LogP contribution in [0.15, 0.2) is 36.9 Å². The van der Waals surface area contributed by atoms with Gasteiger partial charge in [-0.15, -0.1) is 0 Å². The minimum absolute atomic E-state index is 0.0239. The minimum Gasteiger partial charge on any atom is -0.497 e. The van der Waals surface area contributed by atoms with E-state index in [-0.39, 0.29) is 18.1 Å². The number of hydrogen-bond donors (Lipinski definition) is 2. The lowest BCUT2D eigenvalue weighted by molar-refractivity contribution is 0.233. The fourth-order valence-electron chi connectivity index (χ4n) is 2.47. The summed E-state index contributed by atoms with van der Waals surface area (Å²) in [5, 5.41) is 5.84. The Morgan fingerprint density at radius 1 is 1.25 bits per heavy atom. The zero-order chi connectivity index (χ0) is 17.5. The normalized spacial score (nSPS) is 13.0. The maximum atomic E-state index is 12.2. The van der Waals surface area contributed by atoms with Gasteiger partial charge in [0.25, 0.3) is 0 Å². The molecule has 1 heterocycles. The lowest BCUT2D eigenvalue weighted by Gasteiger charge is -2.20. The second-order valence-corrected chi connectivity index (χ2v) is 5.61. The lowest BCUT2D eigenvalue weighted by atomic mass is 10.1. The summed E-state index contributed by atoms with van der Waals surface area (Å²) in [6.07, 6.45) is 5.30. The summed E-state index contributed by atoms with van der Waals surface area (Å²) >= 11 is 0. The summed E-state index contributed by atoms with van der Waals surface area (Å²) < 4.78 is 12.5. The monoisotopic (exact) mass is 332 g/mol. The highest BCUT2D eigenvalue weighted by Gasteiger charge is 2.16. The number of urea groups is 1. The predicted octanol–water partition coefficient (Wildman–Crippen LogP) is 2.35. The Morgan fingerprint density at radius 2 is 2.04 bits per heavy atom. The zero-order valence-corrected chi connectivity index (χ0v) is 14.4. The van der Waals surface area contributed by atoms with Crippen molar-refractivity contribution in [2.45, 2.75) is 32.5 Å². The van der Waals surface area contributed by atoms with Gasteiger partial charge in [-0.1, -0.05) is 0 Å². The van der Waals surface area contributed by atoms with Crippen molar-refractivity contribution in [1.82, 2.24) is 20.2 Å². The summed E-state index contributed by atoms with van der Waals surface area (Å²) in [5.74, 6) is 1.38. The highest BCUT2D eigenvalue weighted by atomic mass is 16.5. The molecule has 2 aromatic rings. The Bertz CT molecular complexity index is 658. The number of carbonyl (C=O) groups is 1. The molecule has 7 nitrogen and oxygen atoms in total. The molecule has 0 spiro atoms. The van der Waals surface area contributed by atoms with E-state index >= 15 is 0 Å². The molecular formula is C17H24N4O3. The molecule has 0 aliphatic heterocycles. The second-order valence-electron chi connectivity index (χ2n) is 5.61. The number of methoxy groups -OCH3 is 2. The molecule has 0 unspecified atom stereocenters. The van der Waals surface area contributed by atoms with Crippen LogP contribution in [0.5, 0.6) is 11.5 Å². The number of nitrogens with zero attached hydrogens (tertiary/aromatic N) is 2. The molecule has 2 rings (SSSR count). The smallest absolute Gasteiger partial charge is 0.315 e. The molecule has 7 heteroatoms. The number of benzene rings is 1. The van der Waals surface area contributed by atoms with Crippen molar-refractivity contribution < 1.29 is 14.3 Å². The molecule has 0 radical (unpaired) electrons. The van der Waals surface area contributed by atoms with Gasteiger partial charge in [-0.25, -0.2) is 9.78 Å². The summed E-state index contributed by atoms with van der Waals surface area (Å²) in [5.41, 5.74) is 0.885. The van der Waals surface area contributed by atoms with Crippen molar-refractivity contribution in [2.75, 3.05) is 14.2 Å². The summed E-state index contributed by atoms with van der Waals surface area (Å²) in [6.45, 7) is 4.51. The van der Waals surface area contributed by atoms with Crippen LogP contribution in [0, 0.1) is 0 Å². The quantitative estimate of drug-likeness (QED) is 0.816. The first-order valence-electron chi connectivity index (χ1n) is 7.78. The molecule has 0 saturated carbocycles. The number of imidazole rings is 1. The average Bonchev–Trinajstić information content (AvgIpc) is 3.06. The van der Waals surface area contributed by atoms with Crippen molar-refractivity contribution in [2.24, 2.45) is 0 Å². The van der Waals surface area contributed by atoms with Crippen molar-refractivity contribution in [3.8, 4) is 11.5 Å². The van der Waals surface area contributed by atoms with Gasteiger partial charge in [-0.05, 0) is 26.0 Å². The van der Waals surface area contributed by atoms with Crippen LogP contribution in [0.4, 0.5) is 4.79 Å². The first-order chi connectivity index (χ1) is 11.5. The highest BCUT2D eigenvalue weighted by molar-refractivity contribution is 5.74. The predicted molar refractivity (Wildman–Crippen MR) is 91.3 cm³/mol. The molecule has 1 aromatic heterocycles. The first-order valence-corrected chi connectivity index (χ1v) is 7.78. The van der Waals surface area contributed by atoms with Gasteiger partial charge in [-0.2, -0.15) is 0 Å². The maximum absolute atomic E-state index is 12.2. The summed E-state index contributed by atoms with van der Waals surface area (Å²) in [7, 11) is 3.20. The molecule has 0 bridgehead atoms. The highest BCUT2D eigenvalue weighted by Crippen LogP contribution is 2.29. The molecule has 2 N–H and O–H groups in total. The van der Waals surface area contributed by atoms with E-state index in [4.69, 9.17) is 9.47 Å². The van der Waals surface area contributed by atoms with Crippen molar-refractivity contribution >= 4 is 6.03 Å². The Morgan fingerprint density at radius 3 is 2.67 bits per heavy atom. The van der Waals surface area contributed by atoms with Gasteiger partial charge in [0.05, 0.1) is 26.6 Å². The fraction of sp³-hybridized carbons (Fsp3) is 0.412. The number of aromatic nitrogens is 2. The van der Waals surface area contributed by atoms with E-state index in [0.717, 1.165) is 5.56 Å². The van der Waals surface area contributed by atoms with Crippen LogP contribution in [0.1, 0.15) is 25.5 Å². The Labute approximate surface area is 142 Å². The molecule has 2 amide bonds. The summed E-state index contributed by atoms with van der Waals surface area (Å²) in [4.78, 5) is 16.2. The van der Waals surface area contributed by atoms with Crippen molar-refractivity contribution in [3.63, 3.8) is 0 Å². The van der Waals surface area contributed by atoms with Gasteiger partial charge >= 0.3 is 6.03 Å². The van der Waals surface area contributed by atoms with Crippen molar-refractivity contribution in [1.29, 1.82) is 0 Å². The maximum Gasteiger partial charge on any atom is 0.315 e. The van der Waals surface area contributed by atoms with E-state index in [1.165, 1.54) is 0 Å². The van der Waals surface area contributed by atoms with Crippen LogP contribution >= 0.6 is 0 Å². The van der Waals surface area contributed by atoms with Gasteiger partial charge in [0.15, 0.2) is 0 Å². The van der Waals surface area contributed by atoms with E-state index < -0.39 is 0 Å². The Balaban J connectivity index is 1.93. The van der Waals surface area contributed by atoms with Crippen LogP contribution in [0.3, 0.4) is 0 Å². The van der Waals surface area contributed by atoms with E-state index in [1.54, 1.807) is 32.8 Å². The van der Waals surface area contributed by atoms with Gasteiger partial charge in [0.2, 0.25) is 0 Å². The van der Waals surface area contributed by atoms with Gasteiger partial charge in [0, 0.05) is 36.6 Å². The molecule has 0 fully saturated rings. The van der Waals surface area contributed by atoms with E-state index in [1.807, 2.05) is 36.7 Å². The first kappa shape index (κ1) is 17.7. The van der Waals surface area contributed by atoms with E-state index in [9.17, 15) is 4.79 Å². The molecule has 0 aliphatic carbocycles. The minimum atomic E-state index is -0.229. The average molecular weight is 332 g/mol. The molecule has 0 saturated heterocycles. The molecular weight excluding hydrogens is 308 g/mol. The molecule has 1 aromatic carbocycles. The molecule has 130 valence electrons. The molecule has 2 atom stereocenters. The zero-order valence-electron chi connectivity index (χ0n) is 14.4. The lowest BCUT2D eigenvalue weighted by Crippen LogP contribution is -2.43. The number of ether oxygens (including phenoxy) is 2. The third-order valence-corrected chi connectivity index (χ3v) is 3.68. The topological polar surface area (TPSA) is 77.4 Å². The number of hydrogen-bond acceptors (Lipinski definition) is 4. The van der Waals surface area contributed by atoms with Crippen LogP contribution in [-0.4, -0.2) is 35.8 Å². The largest absolute Gasteiger partial charge is 0.497 e. The van der Waals surface area contributed by atoms with Crippen LogP contribution in [0.2, 0.25) is 0 Å². The molecule has 0 aliphatic rings. The number of nitrogens with one attached hydrogen (secondary N) is 2. The number of carbonyl (C=O) groups excluding carboxylic acids is 1. The van der Waals surface area contributed by atoms with Gasteiger partial charge < -0.3 is 24.7 Å². The molecule has 24 heavy (non-hydrogen) atoms. The van der Waals surface area contributed by atoms with Crippen LogP contribution in [-0.2, 0) is 6.54 Å².